The van der Waals surface area contributed by atoms with Crippen LogP contribution in [0.1, 0.15) is 77.7 Å². The van der Waals surface area contributed by atoms with Crippen LogP contribution in [-0.2, 0) is 54.4 Å². The van der Waals surface area contributed by atoms with E-state index < -0.39 is 53.8 Å². The third-order valence-corrected chi connectivity index (χ3v) is 14.2. The molecule has 430 valence electrons. The van der Waals surface area contributed by atoms with E-state index in [4.69, 9.17) is 16.2 Å². The van der Waals surface area contributed by atoms with Gasteiger partial charge in [-0.25, -0.2) is 4.79 Å². The number of fused-ring (bicyclic) bond motifs is 1. The first-order chi connectivity index (χ1) is 36.1. The van der Waals surface area contributed by atoms with Gasteiger partial charge in [0.05, 0.1) is 38.3 Å². The molecule has 0 spiro atoms. The standard InChI is InChI=1S/C50H77N12O13S.Gd/c1-5-32(2)36(47(72)56-37(8-6-15-53-49(51)52)39(63)9-7-16-62-42(66)24-33(3)48(62)73)25-40(64)38(14-23-76-4)57-50(74)55-35-12-10-34(11-13-35)26-54-41(65)27-60-20-19-58(29-44(67)68)17-18-59(30-45(69)70)21-22-61-31-46(71)75-43(61)28-60;/h10-13,32-33,36-38H,5-9,14-31H2,1-4H3,(H,54,65)(H,56,72)(H,67,68)(H,69,70)(H4,51,52,53)(H2,55,57,74);/q-1;/t32-,33?,36-,37-,38-;/m0./s1. The Kier molecular flexibility index (Phi) is 29.5. The molecule has 0 saturated carbocycles. The monoisotopic (exact) mass is 1240 g/mol. The van der Waals surface area contributed by atoms with Crippen LogP contribution in [0.5, 0.6) is 0 Å². The van der Waals surface area contributed by atoms with Crippen molar-refractivity contribution in [1.29, 1.82) is 0 Å². The molecule has 3 heterocycles. The molecule has 3 aliphatic heterocycles. The number of imide groups is 1. The van der Waals surface area contributed by atoms with E-state index in [0.717, 1.165) is 0 Å². The van der Waals surface area contributed by atoms with E-state index in [1.54, 1.807) is 50.8 Å². The summed E-state index contributed by atoms with van der Waals surface area (Å²) in [4.78, 5) is 141. The second-order valence-corrected chi connectivity index (χ2v) is 20.5. The van der Waals surface area contributed by atoms with Crippen LogP contribution in [0.3, 0.4) is 0 Å². The fourth-order valence-corrected chi connectivity index (χ4v) is 9.44. The van der Waals surface area contributed by atoms with Gasteiger partial charge in [-0.2, -0.15) is 11.8 Å². The van der Waals surface area contributed by atoms with Gasteiger partial charge >= 0.3 is 18.0 Å². The summed E-state index contributed by atoms with van der Waals surface area (Å²) in [5.41, 5.74) is 12.1. The molecule has 0 radical (unpaired) electrons. The van der Waals surface area contributed by atoms with Gasteiger partial charge in [0.25, 0.3) is 5.97 Å². The number of aliphatic carboxylic acids is 2. The smallest absolute Gasteiger partial charge is 0.319 e. The Morgan fingerprint density at radius 3 is 2.06 bits per heavy atom. The normalized spacial score (nSPS) is 18.7. The quantitative estimate of drug-likeness (QED) is 0.0130. The van der Waals surface area contributed by atoms with Crippen LogP contribution in [0.15, 0.2) is 29.3 Å². The number of ketones is 2. The van der Waals surface area contributed by atoms with Gasteiger partial charge in [0.15, 0.2) is 17.5 Å². The molecule has 4 rings (SSSR count). The number of thioether (sulfide) groups is 1. The number of amides is 6. The second-order valence-electron chi connectivity index (χ2n) is 19.5. The van der Waals surface area contributed by atoms with Crippen molar-refractivity contribution in [3.63, 3.8) is 0 Å². The molecule has 6 amide bonds. The number of guanidine groups is 1. The van der Waals surface area contributed by atoms with E-state index in [1.807, 2.05) is 20.1 Å². The van der Waals surface area contributed by atoms with E-state index in [2.05, 4.69) is 26.3 Å². The maximum Gasteiger partial charge on any atom is 0.319 e. The summed E-state index contributed by atoms with van der Waals surface area (Å²) in [6, 6.07) is 4.12. The Morgan fingerprint density at radius 2 is 1.48 bits per heavy atom. The van der Waals surface area contributed by atoms with Crippen molar-refractivity contribution >= 4 is 82.5 Å². The molecular formula is C50H77GdN12O13S-. The number of nitrogens with two attached hydrogens (primary N) is 2. The minimum atomic E-state index is -1.06. The molecular weight excluding hydrogens is 1170 g/mol. The third-order valence-electron chi connectivity index (χ3n) is 13.5. The predicted molar refractivity (Wildman–Crippen MR) is 282 cm³/mol. The molecule has 3 saturated heterocycles. The number of nitrogens with one attached hydrogen (secondary N) is 4. The summed E-state index contributed by atoms with van der Waals surface area (Å²) in [6.45, 7) is 6.77. The number of carbonyl (C=O) groups excluding carboxylic acids is 8. The van der Waals surface area contributed by atoms with E-state index in [-0.39, 0.29) is 211 Å². The first-order valence-corrected chi connectivity index (χ1v) is 27.1. The predicted octanol–water partition coefficient (Wildman–Crippen LogP) is -0.113. The van der Waals surface area contributed by atoms with Crippen LogP contribution in [0, 0.1) is 63.9 Å². The number of carboxylic acid groups (broad SMARTS) is 2. The summed E-state index contributed by atoms with van der Waals surface area (Å²) >= 11 is 1.48. The van der Waals surface area contributed by atoms with Crippen LogP contribution in [0.2, 0.25) is 0 Å². The number of hydrogen-bond acceptors (Lipinski definition) is 17. The van der Waals surface area contributed by atoms with Crippen LogP contribution < -0.4 is 32.7 Å². The number of benzene rings is 1. The number of carboxylic acids is 2. The van der Waals surface area contributed by atoms with Crippen LogP contribution in [0.4, 0.5) is 10.5 Å². The average Bonchev–Trinajstić information content (AvgIpc) is 3.84. The summed E-state index contributed by atoms with van der Waals surface area (Å²) < 4.78 is 5.49. The van der Waals surface area contributed by atoms with Crippen LogP contribution >= 0.6 is 11.8 Å². The number of likely N-dealkylation sites (tertiary alicyclic amines) is 1. The minimum absolute atomic E-state index is 0. The number of Topliss-reactive ketones (excluding diaryl/α,β-unsaturated/α-hetero) is 2. The molecule has 0 aromatic heterocycles. The van der Waals surface area contributed by atoms with Crippen molar-refractivity contribution < 1.29 is 103 Å². The Hall–Kier alpha value is -4.90. The van der Waals surface area contributed by atoms with Gasteiger partial charge in [0, 0.05) is 129 Å². The van der Waals surface area contributed by atoms with Gasteiger partial charge in [0.1, 0.15) is 0 Å². The molecule has 0 aliphatic carbocycles. The molecule has 27 heteroatoms. The van der Waals surface area contributed by atoms with Gasteiger partial charge in [-0.15, -0.1) is 0 Å². The molecule has 1 aromatic rings. The summed E-state index contributed by atoms with van der Waals surface area (Å²) in [5.74, 6) is -5.79. The van der Waals surface area contributed by atoms with Crippen LogP contribution in [-0.4, -0.2) is 209 Å². The van der Waals surface area contributed by atoms with Gasteiger partial charge in [-0.1, -0.05) is 52.1 Å². The number of ether oxygens (including phenoxy) is 1. The molecule has 77 heavy (non-hydrogen) atoms. The first kappa shape index (κ1) is 66.4. The molecule has 3 aliphatic rings. The maximum absolute atomic E-state index is 14.1. The van der Waals surface area contributed by atoms with Crippen molar-refractivity contribution in [2.75, 3.05) is 102 Å². The number of hydrogen-bond donors (Lipinski definition) is 8. The minimum Gasteiger partial charge on any atom is -0.617 e. The molecule has 1 unspecified atom stereocenters. The molecule has 0 bridgehead atoms. The maximum atomic E-state index is 14.1. The van der Waals surface area contributed by atoms with Crippen molar-refractivity contribution in [3.05, 3.63) is 36.1 Å². The number of aliphatic imine (C=N–C) groups is 1. The average molecular weight is 1240 g/mol. The second kappa shape index (κ2) is 34.2. The van der Waals surface area contributed by atoms with E-state index in [0.29, 0.717) is 36.1 Å². The number of rotatable bonds is 29. The van der Waals surface area contributed by atoms with E-state index in [1.165, 1.54) is 16.7 Å². The van der Waals surface area contributed by atoms with Gasteiger partial charge in [-0.05, 0) is 67.9 Å². The molecule has 1 aromatic carbocycles. The first-order valence-electron chi connectivity index (χ1n) is 25.8. The Labute approximate surface area is 486 Å². The molecule has 25 nitrogen and oxygen atoms in total. The summed E-state index contributed by atoms with van der Waals surface area (Å²) in [6.07, 6.45) is 3.67. The Bertz CT molecular complexity index is 2220. The number of carbonyl (C=O) groups is 10. The van der Waals surface area contributed by atoms with Crippen molar-refractivity contribution in [3.8, 4) is 0 Å². The summed E-state index contributed by atoms with van der Waals surface area (Å²) in [7, 11) is 0. The number of nitrogens with zero attached hydrogens (tertiary/aromatic N) is 6. The fourth-order valence-electron chi connectivity index (χ4n) is 8.96. The third kappa shape index (κ3) is 23.5. The van der Waals surface area contributed by atoms with Crippen molar-refractivity contribution in [1.82, 2.24) is 40.4 Å². The zero-order valence-corrected chi connectivity index (χ0v) is 47.5. The zero-order chi connectivity index (χ0) is 55.9. The van der Waals surface area contributed by atoms with E-state index in [9.17, 15) is 58.2 Å². The van der Waals surface area contributed by atoms with Crippen molar-refractivity contribution in [2.24, 2.45) is 34.2 Å². The number of anilines is 1. The van der Waals surface area contributed by atoms with Crippen molar-refractivity contribution in [2.45, 2.75) is 90.8 Å². The number of urea groups is 1. The molecule has 10 N–H and O–H groups in total. The SMILES string of the molecule is CC[C@H](C)[C@H](CC(=O)[C@H](CCSC)NC(=O)Nc1ccc(CNC(=O)CN2CCN(CC(=O)O)CCN(CC(=O)O)CCN3CC(=O)O[C-]3C2)cc1)C(=O)N[C@@H](CCCN=C(N)N)C(=O)CCCN1C(=O)CC(C)C1=O.[Gd]. The zero-order valence-electron chi connectivity index (χ0n) is 44.4. The van der Waals surface area contributed by atoms with Gasteiger partial charge in [0.2, 0.25) is 23.6 Å². The Balaban J connectivity index is 0.0000156. The number of esters is 1. The fraction of sp³-hybridized carbons (Fsp3) is 0.640. The van der Waals surface area contributed by atoms with E-state index >= 15 is 0 Å². The topological polar surface area (TPSA) is 349 Å². The largest absolute Gasteiger partial charge is 0.617 e. The molecule has 3 fully saturated rings. The van der Waals surface area contributed by atoms with Gasteiger partial charge < -0.3 is 57.5 Å². The summed E-state index contributed by atoms with van der Waals surface area (Å²) in [5, 5.41) is 30.3. The molecule has 5 atom stereocenters. The Morgan fingerprint density at radius 1 is 0.857 bits per heavy atom. The van der Waals surface area contributed by atoms with Gasteiger partial charge in [-0.3, -0.25) is 62.8 Å². The van der Waals surface area contributed by atoms with Crippen LogP contribution in [0.25, 0.3) is 0 Å².